The zero-order valence-corrected chi connectivity index (χ0v) is 24.8. The number of fused-ring (bicyclic) bond motifs is 5. The molecule has 0 aliphatic heterocycles. The number of Topliss-reactive ketones (excluding diaryl/α,β-unsaturated/α-hetero) is 1. The lowest BCUT2D eigenvalue weighted by molar-refractivity contribution is -0.137. The number of unbranched alkanes of at least 4 members (excludes halogenated alkanes) is 7. The molecule has 0 heterocycles. The molecular weight excluding hydrogens is 512 g/mol. The van der Waals surface area contributed by atoms with Gasteiger partial charge in [-0.05, 0) is 79.2 Å². The smallest absolute Gasteiger partial charge is 0.303 e. The Morgan fingerprint density at radius 2 is 1.66 bits per heavy atom. The molecule has 0 spiro atoms. The third-order valence-electron chi connectivity index (χ3n) is 10.2. The first-order chi connectivity index (χ1) is 20.0. The second-order valence-corrected chi connectivity index (χ2v) is 12.9. The molecule has 0 amide bonds. The van der Waals surface area contributed by atoms with Crippen LogP contribution in [-0.2, 0) is 27.4 Å². The van der Waals surface area contributed by atoms with Gasteiger partial charge in [0, 0.05) is 30.8 Å². The lowest BCUT2D eigenvalue weighted by Gasteiger charge is -2.52. The molecule has 0 saturated heterocycles. The van der Waals surface area contributed by atoms with Gasteiger partial charge < -0.3 is 14.6 Å². The number of ketones is 1. The number of aryl methyl sites for hydroxylation is 1. The minimum absolute atomic E-state index is 0.0904. The highest BCUT2D eigenvalue weighted by atomic mass is 16.5. The van der Waals surface area contributed by atoms with Crippen molar-refractivity contribution >= 4 is 11.8 Å². The van der Waals surface area contributed by atoms with Crippen LogP contribution in [0.25, 0.3) is 0 Å². The second kappa shape index (κ2) is 14.0. The van der Waals surface area contributed by atoms with E-state index in [0.29, 0.717) is 36.6 Å². The molecule has 1 N–H and O–H groups in total. The zero-order valence-electron chi connectivity index (χ0n) is 24.8. The number of hydrogen-bond donors (Lipinski definition) is 1. The highest BCUT2D eigenvalue weighted by Gasteiger charge is 2.58. The lowest BCUT2D eigenvalue weighted by Crippen LogP contribution is -2.49. The van der Waals surface area contributed by atoms with Gasteiger partial charge >= 0.3 is 5.97 Å². The van der Waals surface area contributed by atoms with E-state index in [1.165, 1.54) is 36.0 Å². The third kappa shape index (κ3) is 7.23. The van der Waals surface area contributed by atoms with Crippen molar-refractivity contribution < 1.29 is 24.2 Å². The van der Waals surface area contributed by atoms with Crippen molar-refractivity contribution in [3.05, 3.63) is 65.2 Å². The number of ether oxygens (including phenoxy) is 2. The van der Waals surface area contributed by atoms with Gasteiger partial charge in [0.15, 0.2) is 0 Å². The van der Waals surface area contributed by atoms with E-state index in [2.05, 4.69) is 37.3 Å². The van der Waals surface area contributed by atoms with E-state index in [1.54, 1.807) is 0 Å². The summed E-state index contributed by atoms with van der Waals surface area (Å²) < 4.78 is 12.9. The van der Waals surface area contributed by atoms with Gasteiger partial charge in [0.2, 0.25) is 0 Å². The maximum Gasteiger partial charge on any atom is 0.303 e. The molecule has 41 heavy (non-hydrogen) atoms. The van der Waals surface area contributed by atoms with Crippen LogP contribution in [0.15, 0.2) is 48.5 Å². The molecule has 2 aromatic rings. The van der Waals surface area contributed by atoms with E-state index in [4.69, 9.17) is 14.6 Å². The molecular formula is C36H48O5. The van der Waals surface area contributed by atoms with Gasteiger partial charge in [0.05, 0.1) is 6.10 Å². The van der Waals surface area contributed by atoms with Gasteiger partial charge in [-0.15, -0.1) is 0 Å². The summed E-state index contributed by atoms with van der Waals surface area (Å²) in [6.07, 6.45) is 13.9. The Balaban J connectivity index is 1.17. The van der Waals surface area contributed by atoms with E-state index in [9.17, 15) is 9.59 Å². The Morgan fingerprint density at radius 1 is 0.927 bits per heavy atom. The normalized spacial score (nSPS) is 26.7. The van der Waals surface area contributed by atoms with Crippen molar-refractivity contribution in [2.75, 3.05) is 6.61 Å². The Morgan fingerprint density at radius 3 is 2.41 bits per heavy atom. The maximum absolute atomic E-state index is 13.1. The SMILES string of the molecule is C[C@]12C[C@H](OCCCCCCCCCCC(=O)O)[C@@H]3c4ccc(OCc5ccccc5)cc4CC[C@H]3[C@@H]1CCC2=O. The molecule has 0 bridgehead atoms. The van der Waals surface area contributed by atoms with Crippen molar-refractivity contribution in [1.82, 2.24) is 0 Å². The largest absolute Gasteiger partial charge is 0.489 e. The molecule has 222 valence electrons. The van der Waals surface area contributed by atoms with E-state index in [1.807, 2.05) is 18.2 Å². The first kappa shape index (κ1) is 29.8. The monoisotopic (exact) mass is 560 g/mol. The molecule has 0 aromatic heterocycles. The van der Waals surface area contributed by atoms with Gasteiger partial charge in [0.1, 0.15) is 18.1 Å². The number of rotatable bonds is 15. The number of carbonyl (C=O) groups is 2. The fourth-order valence-electron chi connectivity index (χ4n) is 8.04. The predicted molar refractivity (Wildman–Crippen MR) is 161 cm³/mol. The summed E-state index contributed by atoms with van der Waals surface area (Å²) in [5.74, 6) is 2.03. The number of carboxylic acids is 1. The Hall–Kier alpha value is -2.66. The van der Waals surface area contributed by atoms with Gasteiger partial charge in [-0.3, -0.25) is 9.59 Å². The number of carboxylic acid groups (broad SMARTS) is 1. The molecule has 5 rings (SSSR count). The standard InChI is InChI=1S/C36H48O5/c1-36-24-32(40-22-12-7-5-3-2-4-6-11-15-34(38)39)35-29-19-17-28(41-25-26-13-9-8-10-14-26)23-27(29)16-18-30(35)31(36)20-21-33(36)37/h8-10,13-14,17,19,23,30-32,35H,2-7,11-12,15-16,18,20-22,24-25H2,1H3,(H,38,39)/t30-,31-,32-,35+,36-/m0/s1. The first-order valence-electron chi connectivity index (χ1n) is 16.1. The van der Waals surface area contributed by atoms with Gasteiger partial charge in [-0.25, -0.2) is 0 Å². The van der Waals surface area contributed by atoms with Crippen LogP contribution in [0.1, 0.15) is 113 Å². The van der Waals surface area contributed by atoms with Crippen molar-refractivity contribution in [1.29, 1.82) is 0 Å². The van der Waals surface area contributed by atoms with Gasteiger partial charge in [-0.1, -0.05) is 81.8 Å². The summed E-state index contributed by atoms with van der Waals surface area (Å²) in [6.45, 7) is 3.56. The van der Waals surface area contributed by atoms with Crippen molar-refractivity contribution in [3.63, 3.8) is 0 Å². The summed E-state index contributed by atoms with van der Waals surface area (Å²) in [6, 6.07) is 17.0. The molecule has 2 saturated carbocycles. The Kier molecular flexibility index (Phi) is 10.2. The Labute approximate surface area is 246 Å². The minimum atomic E-state index is -0.689. The zero-order chi connectivity index (χ0) is 28.7. The summed E-state index contributed by atoms with van der Waals surface area (Å²) in [5.41, 5.74) is 3.75. The average Bonchev–Trinajstić information content (AvgIpc) is 3.28. The minimum Gasteiger partial charge on any atom is -0.489 e. The summed E-state index contributed by atoms with van der Waals surface area (Å²) in [5, 5.41) is 8.75. The van der Waals surface area contributed by atoms with Gasteiger partial charge in [0.25, 0.3) is 0 Å². The number of benzene rings is 2. The quantitative estimate of drug-likeness (QED) is 0.222. The average molecular weight is 561 g/mol. The fourth-order valence-corrected chi connectivity index (χ4v) is 8.04. The van der Waals surface area contributed by atoms with Crippen LogP contribution in [0, 0.1) is 17.3 Å². The molecule has 3 aliphatic carbocycles. The molecule has 3 aliphatic rings. The van der Waals surface area contributed by atoms with E-state index >= 15 is 0 Å². The van der Waals surface area contributed by atoms with Crippen LogP contribution in [0.2, 0.25) is 0 Å². The highest BCUT2D eigenvalue weighted by Crippen LogP contribution is 2.60. The molecule has 0 radical (unpaired) electrons. The van der Waals surface area contributed by atoms with E-state index < -0.39 is 5.97 Å². The topological polar surface area (TPSA) is 72.8 Å². The molecule has 2 fully saturated rings. The van der Waals surface area contributed by atoms with E-state index in [0.717, 1.165) is 76.6 Å². The number of carbonyl (C=O) groups excluding carboxylic acids is 1. The fraction of sp³-hybridized carbons (Fsp3) is 0.611. The number of hydrogen-bond acceptors (Lipinski definition) is 4. The lowest BCUT2D eigenvalue weighted by atomic mass is 9.54. The van der Waals surface area contributed by atoms with E-state index in [-0.39, 0.29) is 11.5 Å². The van der Waals surface area contributed by atoms with Crippen LogP contribution >= 0.6 is 0 Å². The van der Waals surface area contributed by atoms with Crippen LogP contribution in [0.4, 0.5) is 0 Å². The van der Waals surface area contributed by atoms with Crippen LogP contribution in [0.5, 0.6) is 5.75 Å². The highest BCUT2D eigenvalue weighted by molar-refractivity contribution is 5.87. The van der Waals surface area contributed by atoms with Crippen LogP contribution in [0.3, 0.4) is 0 Å². The number of aliphatic carboxylic acids is 1. The summed E-state index contributed by atoms with van der Waals surface area (Å²) >= 11 is 0. The van der Waals surface area contributed by atoms with Crippen molar-refractivity contribution in [3.8, 4) is 5.75 Å². The molecule has 5 nitrogen and oxygen atoms in total. The summed E-state index contributed by atoms with van der Waals surface area (Å²) in [4.78, 5) is 23.7. The molecule has 5 heteroatoms. The molecule has 0 unspecified atom stereocenters. The first-order valence-corrected chi connectivity index (χ1v) is 16.1. The predicted octanol–water partition coefficient (Wildman–Crippen LogP) is 8.28. The van der Waals surface area contributed by atoms with Gasteiger partial charge in [-0.2, -0.15) is 0 Å². The van der Waals surface area contributed by atoms with Crippen LogP contribution < -0.4 is 4.74 Å². The molecule has 2 aromatic carbocycles. The van der Waals surface area contributed by atoms with Crippen molar-refractivity contribution in [2.24, 2.45) is 17.3 Å². The van der Waals surface area contributed by atoms with Crippen LogP contribution in [-0.4, -0.2) is 29.6 Å². The second-order valence-electron chi connectivity index (χ2n) is 12.9. The third-order valence-corrected chi connectivity index (χ3v) is 10.2. The Bertz CT molecular complexity index is 1160. The molecule has 5 atom stereocenters. The summed E-state index contributed by atoms with van der Waals surface area (Å²) in [7, 11) is 0. The maximum atomic E-state index is 13.1. The van der Waals surface area contributed by atoms with Crippen molar-refractivity contribution in [2.45, 2.75) is 115 Å².